The summed E-state index contributed by atoms with van der Waals surface area (Å²) in [6.45, 7) is 3.56. The van der Waals surface area contributed by atoms with E-state index in [1.807, 2.05) is 4.90 Å². The zero-order valence-corrected chi connectivity index (χ0v) is 13.0. The largest absolute Gasteiger partial charge is 0.497 e. The van der Waals surface area contributed by atoms with Crippen molar-refractivity contribution < 1.29 is 19.1 Å². The van der Waals surface area contributed by atoms with Gasteiger partial charge in [0, 0.05) is 13.1 Å². The number of benzene rings is 1. The van der Waals surface area contributed by atoms with Gasteiger partial charge in [0.25, 0.3) is 11.8 Å². The zero-order chi connectivity index (χ0) is 16.1. The Morgan fingerprint density at radius 1 is 1.41 bits per heavy atom. The second kappa shape index (κ2) is 7.15. The average molecular weight is 306 g/mol. The highest BCUT2D eigenvalue weighted by atomic mass is 16.5. The molecule has 2 rings (SSSR count). The summed E-state index contributed by atoms with van der Waals surface area (Å²) in [5, 5.41) is 0. The van der Waals surface area contributed by atoms with Gasteiger partial charge in [0.2, 0.25) is 0 Å². The van der Waals surface area contributed by atoms with Crippen molar-refractivity contribution in [2.45, 2.75) is 19.8 Å². The molecule has 0 spiro atoms. The third kappa shape index (κ3) is 3.90. The Kier molecular flexibility index (Phi) is 5.25. The lowest BCUT2D eigenvalue weighted by atomic mass is 10.0. The third-order valence-corrected chi connectivity index (χ3v) is 3.81. The highest BCUT2D eigenvalue weighted by Crippen LogP contribution is 2.24. The molecule has 22 heavy (non-hydrogen) atoms. The van der Waals surface area contributed by atoms with Gasteiger partial charge in [0.05, 0.1) is 12.7 Å². The first-order valence-corrected chi connectivity index (χ1v) is 7.39. The Morgan fingerprint density at radius 3 is 2.82 bits per heavy atom. The molecule has 1 aliphatic rings. The number of piperidine rings is 1. The molecule has 6 heteroatoms. The Hall–Kier alpha value is -2.24. The van der Waals surface area contributed by atoms with Gasteiger partial charge in [0.1, 0.15) is 11.5 Å². The maximum atomic E-state index is 12.2. The van der Waals surface area contributed by atoms with Crippen LogP contribution in [0.5, 0.6) is 11.5 Å². The van der Waals surface area contributed by atoms with E-state index in [0.29, 0.717) is 17.4 Å². The first-order valence-electron chi connectivity index (χ1n) is 7.39. The third-order valence-electron chi connectivity index (χ3n) is 3.81. The van der Waals surface area contributed by atoms with E-state index in [1.54, 1.807) is 12.1 Å². The van der Waals surface area contributed by atoms with E-state index in [4.69, 9.17) is 15.2 Å². The number of hydrogen-bond donors (Lipinski definition) is 1. The van der Waals surface area contributed by atoms with Gasteiger partial charge in [-0.2, -0.15) is 0 Å². The van der Waals surface area contributed by atoms with Crippen LogP contribution in [0.4, 0.5) is 0 Å². The summed E-state index contributed by atoms with van der Waals surface area (Å²) >= 11 is 0. The predicted octanol–water partition coefficient (Wildman–Crippen LogP) is 1.43. The van der Waals surface area contributed by atoms with Gasteiger partial charge in [-0.15, -0.1) is 0 Å². The van der Waals surface area contributed by atoms with E-state index >= 15 is 0 Å². The lowest BCUT2D eigenvalue weighted by molar-refractivity contribution is -0.135. The number of methoxy groups -OCH3 is 1. The second-order valence-electron chi connectivity index (χ2n) is 5.60. The van der Waals surface area contributed by atoms with Crippen LogP contribution >= 0.6 is 0 Å². The van der Waals surface area contributed by atoms with Gasteiger partial charge in [-0.1, -0.05) is 6.92 Å². The molecule has 0 radical (unpaired) electrons. The molecule has 6 nitrogen and oxygen atoms in total. The van der Waals surface area contributed by atoms with Gasteiger partial charge >= 0.3 is 0 Å². The maximum absolute atomic E-state index is 12.2. The lowest BCUT2D eigenvalue weighted by Gasteiger charge is -2.30. The van der Waals surface area contributed by atoms with Crippen molar-refractivity contribution in [1.29, 1.82) is 0 Å². The molecule has 1 fully saturated rings. The molecule has 1 aromatic rings. The van der Waals surface area contributed by atoms with E-state index < -0.39 is 5.91 Å². The van der Waals surface area contributed by atoms with Crippen molar-refractivity contribution in [1.82, 2.24) is 4.90 Å². The average Bonchev–Trinajstić information content (AvgIpc) is 2.52. The number of rotatable bonds is 5. The van der Waals surface area contributed by atoms with Crippen LogP contribution in [0, 0.1) is 5.92 Å². The number of likely N-dealkylation sites (tertiary alicyclic amines) is 1. The molecule has 1 aliphatic heterocycles. The standard InChI is InChI=1S/C16H22N2O4/c1-11-4-3-7-18(9-11)15(19)10-22-14-6-5-12(21-2)8-13(14)16(17)20/h5-6,8,11H,3-4,7,9-10H2,1-2H3,(H2,17,20). The van der Waals surface area contributed by atoms with Gasteiger partial charge in [-0.3, -0.25) is 9.59 Å². The minimum atomic E-state index is -0.618. The van der Waals surface area contributed by atoms with Crippen LogP contribution in [0.1, 0.15) is 30.1 Å². The summed E-state index contributed by atoms with van der Waals surface area (Å²) in [5.41, 5.74) is 5.54. The molecule has 2 amide bonds. The lowest BCUT2D eigenvalue weighted by Crippen LogP contribution is -2.41. The fourth-order valence-corrected chi connectivity index (χ4v) is 2.60. The molecule has 0 saturated carbocycles. The summed E-state index contributed by atoms with van der Waals surface area (Å²) in [5.74, 6) is 0.634. The van der Waals surface area contributed by atoms with Crippen LogP contribution in [-0.2, 0) is 4.79 Å². The van der Waals surface area contributed by atoms with Crippen molar-refractivity contribution in [3.05, 3.63) is 23.8 Å². The molecule has 2 N–H and O–H groups in total. The summed E-state index contributed by atoms with van der Waals surface area (Å²) in [4.78, 5) is 25.5. The Bertz CT molecular complexity index is 559. The number of primary amides is 1. The Labute approximate surface area is 130 Å². The normalized spacial score (nSPS) is 17.9. The summed E-state index contributed by atoms with van der Waals surface area (Å²) in [6, 6.07) is 4.76. The zero-order valence-electron chi connectivity index (χ0n) is 13.0. The highest BCUT2D eigenvalue weighted by molar-refractivity contribution is 5.96. The van der Waals surface area contributed by atoms with Crippen molar-refractivity contribution >= 4 is 11.8 Å². The van der Waals surface area contributed by atoms with Gasteiger partial charge in [-0.25, -0.2) is 0 Å². The molecular weight excluding hydrogens is 284 g/mol. The molecule has 1 aromatic carbocycles. The van der Waals surface area contributed by atoms with E-state index in [0.717, 1.165) is 25.9 Å². The van der Waals surface area contributed by atoms with Crippen LogP contribution in [-0.4, -0.2) is 43.5 Å². The molecule has 0 aromatic heterocycles. The highest BCUT2D eigenvalue weighted by Gasteiger charge is 2.21. The van der Waals surface area contributed by atoms with E-state index in [-0.39, 0.29) is 18.1 Å². The minimum Gasteiger partial charge on any atom is -0.497 e. The van der Waals surface area contributed by atoms with E-state index in [2.05, 4.69) is 6.92 Å². The van der Waals surface area contributed by atoms with Gasteiger partial charge in [0.15, 0.2) is 6.61 Å². The second-order valence-corrected chi connectivity index (χ2v) is 5.60. The number of carbonyl (C=O) groups excluding carboxylic acids is 2. The minimum absolute atomic E-state index is 0.0715. The summed E-state index contributed by atoms with van der Waals surface area (Å²) in [6.07, 6.45) is 2.16. The van der Waals surface area contributed by atoms with Crippen LogP contribution in [0.15, 0.2) is 18.2 Å². The molecule has 1 atom stereocenters. The number of hydrogen-bond acceptors (Lipinski definition) is 4. The number of carbonyl (C=O) groups is 2. The van der Waals surface area contributed by atoms with Crippen molar-refractivity contribution in [3.63, 3.8) is 0 Å². The molecule has 120 valence electrons. The van der Waals surface area contributed by atoms with E-state index in [9.17, 15) is 9.59 Å². The maximum Gasteiger partial charge on any atom is 0.260 e. The van der Waals surface area contributed by atoms with Crippen LogP contribution in [0.3, 0.4) is 0 Å². The van der Waals surface area contributed by atoms with Gasteiger partial charge in [-0.05, 0) is 37.0 Å². The molecule has 1 heterocycles. The van der Waals surface area contributed by atoms with Crippen molar-refractivity contribution in [2.75, 3.05) is 26.8 Å². The first kappa shape index (κ1) is 16.1. The quantitative estimate of drug-likeness (QED) is 0.892. The Morgan fingerprint density at radius 2 is 2.18 bits per heavy atom. The summed E-state index contributed by atoms with van der Waals surface area (Å²) < 4.78 is 10.6. The number of ether oxygens (including phenoxy) is 2. The monoisotopic (exact) mass is 306 g/mol. The van der Waals surface area contributed by atoms with Crippen molar-refractivity contribution in [3.8, 4) is 11.5 Å². The summed E-state index contributed by atoms with van der Waals surface area (Å²) in [7, 11) is 1.50. The SMILES string of the molecule is COc1ccc(OCC(=O)N2CCCC(C)C2)c(C(N)=O)c1. The smallest absolute Gasteiger partial charge is 0.260 e. The van der Waals surface area contributed by atoms with Crippen LogP contribution in [0.2, 0.25) is 0 Å². The van der Waals surface area contributed by atoms with Crippen LogP contribution in [0.25, 0.3) is 0 Å². The van der Waals surface area contributed by atoms with Crippen molar-refractivity contribution in [2.24, 2.45) is 11.7 Å². The molecule has 1 unspecified atom stereocenters. The fourth-order valence-electron chi connectivity index (χ4n) is 2.60. The number of amides is 2. The van der Waals surface area contributed by atoms with Gasteiger partial charge < -0.3 is 20.1 Å². The Balaban J connectivity index is 2.01. The van der Waals surface area contributed by atoms with E-state index in [1.165, 1.54) is 13.2 Å². The van der Waals surface area contributed by atoms with Crippen LogP contribution < -0.4 is 15.2 Å². The first-order chi connectivity index (χ1) is 10.5. The molecule has 1 saturated heterocycles. The molecule has 0 bridgehead atoms. The topological polar surface area (TPSA) is 81.9 Å². The fraction of sp³-hybridized carbons (Fsp3) is 0.500. The predicted molar refractivity (Wildman–Crippen MR) is 82.0 cm³/mol. The number of nitrogens with zero attached hydrogens (tertiary/aromatic N) is 1. The number of nitrogens with two attached hydrogens (primary N) is 1. The molecule has 0 aliphatic carbocycles. The molecular formula is C16H22N2O4.